The summed E-state index contributed by atoms with van der Waals surface area (Å²) in [6, 6.07) is 13.5. The number of nitrogens with one attached hydrogen (secondary N) is 2. The van der Waals surface area contributed by atoms with Gasteiger partial charge in [-0.05, 0) is 30.2 Å². The number of aliphatic imine (C=N–C) groups is 1. The van der Waals surface area contributed by atoms with Crippen LogP contribution in [0.2, 0.25) is 0 Å². The van der Waals surface area contributed by atoms with E-state index in [4.69, 9.17) is 9.47 Å². The van der Waals surface area contributed by atoms with Crippen LogP contribution in [-0.4, -0.2) is 58.7 Å². The molecule has 2 aromatic carbocycles. The lowest BCUT2D eigenvalue weighted by Gasteiger charge is -2.15. The zero-order chi connectivity index (χ0) is 21.2. The predicted molar refractivity (Wildman–Crippen MR) is 131 cm³/mol. The summed E-state index contributed by atoms with van der Waals surface area (Å²) in [5, 5.41) is 6.58. The summed E-state index contributed by atoms with van der Waals surface area (Å²) in [7, 11) is 8.49. The molecule has 0 spiro atoms. The minimum atomic E-state index is 0. The third kappa shape index (κ3) is 7.08. The van der Waals surface area contributed by atoms with Crippen LogP contribution in [0.15, 0.2) is 47.5 Å². The number of hydrogen-bond donors (Lipinski definition) is 2. The molecule has 1 amide bonds. The fourth-order valence-electron chi connectivity index (χ4n) is 2.94. The zero-order valence-corrected chi connectivity index (χ0v) is 20.5. The highest BCUT2D eigenvalue weighted by Crippen LogP contribution is 2.30. The number of ether oxygens (including phenoxy) is 2. The number of para-hydroxylation sites is 1. The topological polar surface area (TPSA) is 75.2 Å². The van der Waals surface area contributed by atoms with Crippen molar-refractivity contribution in [1.29, 1.82) is 0 Å². The Kier molecular flexibility index (Phi) is 11.0. The third-order valence-electron chi connectivity index (χ3n) is 4.44. The van der Waals surface area contributed by atoms with Gasteiger partial charge in [0.05, 0.1) is 14.2 Å². The Morgan fingerprint density at radius 2 is 1.80 bits per heavy atom. The van der Waals surface area contributed by atoms with E-state index >= 15 is 0 Å². The first-order valence-corrected chi connectivity index (χ1v) is 9.45. The molecular weight excluding hydrogens is 495 g/mol. The number of carbonyl (C=O) groups excluding carboxylic acids is 1. The highest BCUT2D eigenvalue weighted by Gasteiger charge is 2.10. The summed E-state index contributed by atoms with van der Waals surface area (Å²) in [4.78, 5) is 17.9. The number of nitrogens with zero attached hydrogens (tertiary/aromatic N) is 2. The van der Waals surface area contributed by atoms with Crippen LogP contribution in [0.25, 0.3) is 0 Å². The lowest BCUT2D eigenvalue weighted by atomic mass is 10.1. The van der Waals surface area contributed by atoms with E-state index in [1.165, 1.54) is 0 Å². The Morgan fingerprint density at radius 3 is 2.43 bits per heavy atom. The Hall–Kier alpha value is -2.49. The molecule has 2 rings (SSSR count). The fourth-order valence-corrected chi connectivity index (χ4v) is 2.94. The molecule has 0 fully saturated rings. The molecule has 0 bridgehead atoms. The average Bonchev–Trinajstić information content (AvgIpc) is 2.75. The van der Waals surface area contributed by atoms with Crippen LogP contribution in [0.1, 0.15) is 21.5 Å². The fraction of sp³-hybridized carbons (Fsp3) is 0.364. The lowest BCUT2D eigenvalue weighted by molar-refractivity contribution is 0.0827. The number of rotatable bonds is 8. The first-order chi connectivity index (χ1) is 14.0. The molecule has 0 aliphatic carbocycles. The molecular formula is C22H31IN4O3. The summed E-state index contributed by atoms with van der Waals surface area (Å²) in [5.74, 6) is 2.10. The van der Waals surface area contributed by atoms with Crippen LogP contribution in [0.3, 0.4) is 0 Å². The van der Waals surface area contributed by atoms with E-state index in [2.05, 4.69) is 15.6 Å². The predicted octanol–water partition coefficient (Wildman–Crippen LogP) is 2.93. The molecule has 8 heteroatoms. The van der Waals surface area contributed by atoms with Crippen molar-refractivity contribution in [3.8, 4) is 11.5 Å². The van der Waals surface area contributed by atoms with Gasteiger partial charge in [-0.2, -0.15) is 0 Å². The highest BCUT2D eigenvalue weighted by molar-refractivity contribution is 14.0. The Labute approximate surface area is 195 Å². The molecule has 0 unspecified atom stereocenters. The number of hydrogen-bond acceptors (Lipinski definition) is 4. The van der Waals surface area contributed by atoms with Crippen LogP contribution in [-0.2, 0) is 13.0 Å². The molecule has 0 aliphatic heterocycles. The van der Waals surface area contributed by atoms with Gasteiger partial charge in [0.2, 0.25) is 0 Å². The lowest BCUT2D eigenvalue weighted by Crippen LogP contribution is -2.38. The first-order valence-electron chi connectivity index (χ1n) is 9.45. The Bertz CT molecular complexity index is 856. The van der Waals surface area contributed by atoms with Crippen LogP contribution < -0.4 is 20.1 Å². The van der Waals surface area contributed by atoms with Crippen LogP contribution in [0.5, 0.6) is 11.5 Å². The minimum Gasteiger partial charge on any atom is -0.493 e. The van der Waals surface area contributed by atoms with E-state index < -0.39 is 0 Å². The molecule has 2 aromatic rings. The third-order valence-corrected chi connectivity index (χ3v) is 4.44. The second kappa shape index (κ2) is 12.9. The van der Waals surface area contributed by atoms with Gasteiger partial charge in [0.15, 0.2) is 17.5 Å². The van der Waals surface area contributed by atoms with Crippen molar-refractivity contribution in [1.82, 2.24) is 15.5 Å². The number of amides is 1. The number of guanidine groups is 1. The van der Waals surface area contributed by atoms with E-state index in [9.17, 15) is 4.79 Å². The maximum atomic E-state index is 12.1. The van der Waals surface area contributed by atoms with Gasteiger partial charge < -0.3 is 25.0 Å². The normalized spacial score (nSPS) is 10.6. The zero-order valence-electron chi connectivity index (χ0n) is 18.2. The van der Waals surface area contributed by atoms with E-state index in [1.54, 1.807) is 40.3 Å². The number of benzene rings is 2. The second-order valence-corrected chi connectivity index (χ2v) is 6.66. The summed E-state index contributed by atoms with van der Waals surface area (Å²) >= 11 is 0. The summed E-state index contributed by atoms with van der Waals surface area (Å²) in [6.07, 6.45) is 0.776. The van der Waals surface area contributed by atoms with E-state index in [0.717, 1.165) is 17.5 Å². The van der Waals surface area contributed by atoms with Gasteiger partial charge in [-0.1, -0.05) is 24.3 Å². The van der Waals surface area contributed by atoms with Crippen LogP contribution in [0.4, 0.5) is 0 Å². The smallest absolute Gasteiger partial charge is 0.253 e. The summed E-state index contributed by atoms with van der Waals surface area (Å²) < 4.78 is 10.8. The van der Waals surface area contributed by atoms with Crippen molar-refractivity contribution in [3.05, 3.63) is 59.2 Å². The first kappa shape index (κ1) is 25.5. The van der Waals surface area contributed by atoms with Gasteiger partial charge in [-0.15, -0.1) is 24.0 Å². The van der Waals surface area contributed by atoms with Gasteiger partial charge in [0.1, 0.15) is 0 Å². The van der Waals surface area contributed by atoms with Gasteiger partial charge >= 0.3 is 0 Å². The van der Waals surface area contributed by atoms with E-state index in [-0.39, 0.29) is 29.9 Å². The van der Waals surface area contributed by atoms with Gasteiger partial charge in [0.25, 0.3) is 5.91 Å². The van der Waals surface area contributed by atoms with Crippen molar-refractivity contribution >= 4 is 35.8 Å². The van der Waals surface area contributed by atoms with Crippen molar-refractivity contribution in [3.63, 3.8) is 0 Å². The molecule has 0 aromatic heterocycles. The molecule has 0 saturated heterocycles. The van der Waals surface area contributed by atoms with Crippen molar-refractivity contribution < 1.29 is 14.3 Å². The summed E-state index contributed by atoms with van der Waals surface area (Å²) in [6.45, 7) is 1.24. The maximum Gasteiger partial charge on any atom is 0.253 e. The molecule has 164 valence electrons. The standard InChI is InChI=1S/C22H30N4O3.HI/c1-23-22(25-15-18-10-7-11-19(28-4)20(18)29-5)24-13-12-16-8-6-9-17(14-16)21(27)26(2)3;/h6-11,14H,12-13,15H2,1-5H3,(H2,23,24,25);1H. The van der Waals surface area contributed by atoms with Crippen molar-refractivity contribution in [2.45, 2.75) is 13.0 Å². The van der Waals surface area contributed by atoms with Crippen LogP contribution in [0, 0.1) is 0 Å². The molecule has 0 aliphatic rings. The Morgan fingerprint density at radius 1 is 1.07 bits per heavy atom. The molecule has 7 nitrogen and oxygen atoms in total. The van der Waals surface area contributed by atoms with E-state index in [0.29, 0.717) is 36.1 Å². The largest absolute Gasteiger partial charge is 0.493 e. The molecule has 30 heavy (non-hydrogen) atoms. The Balaban J connectivity index is 0.00000450. The molecule has 0 radical (unpaired) electrons. The van der Waals surface area contributed by atoms with Gasteiger partial charge in [0, 0.05) is 45.4 Å². The van der Waals surface area contributed by atoms with Crippen molar-refractivity contribution in [2.24, 2.45) is 4.99 Å². The SMILES string of the molecule is CN=C(NCCc1cccc(C(=O)N(C)C)c1)NCc1cccc(OC)c1OC.I. The summed E-state index contributed by atoms with van der Waals surface area (Å²) in [5.41, 5.74) is 2.76. The second-order valence-electron chi connectivity index (χ2n) is 6.66. The molecule has 0 saturated carbocycles. The van der Waals surface area contributed by atoms with Gasteiger partial charge in [-0.3, -0.25) is 9.79 Å². The monoisotopic (exact) mass is 526 g/mol. The number of methoxy groups -OCH3 is 2. The molecule has 0 heterocycles. The number of carbonyl (C=O) groups is 1. The highest BCUT2D eigenvalue weighted by atomic mass is 127. The van der Waals surface area contributed by atoms with Gasteiger partial charge in [-0.25, -0.2) is 0 Å². The molecule has 0 atom stereocenters. The minimum absolute atomic E-state index is 0. The maximum absolute atomic E-state index is 12.1. The van der Waals surface area contributed by atoms with Crippen LogP contribution >= 0.6 is 24.0 Å². The van der Waals surface area contributed by atoms with E-state index in [1.807, 2.05) is 42.5 Å². The van der Waals surface area contributed by atoms with Crippen molar-refractivity contribution in [2.75, 3.05) is 41.9 Å². The quantitative estimate of drug-likeness (QED) is 0.315. The number of halogens is 1. The average molecular weight is 526 g/mol. The molecule has 2 N–H and O–H groups in total.